The molecule has 0 aliphatic carbocycles. The normalized spacial score (nSPS) is 10.3. The van der Waals surface area contributed by atoms with E-state index in [9.17, 15) is 0 Å². The fourth-order valence-electron chi connectivity index (χ4n) is 1.23. The molecule has 0 aliphatic heterocycles. The molecule has 0 N–H and O–H groups in total. The summed E-state index contributed by atoms with van der Waals surface area (Å²) in [5.41, 5.74) is 0. The Morgan fingerprint density at radius 2 is 0.933 bits per heavy atom. The molecule has 15 heavy (non-hydrogen) atoms. The van der Waals surface area contributed by atoms with Gasteiger partial charge in [-0.05, 0) is 0 Å². The van der Waals surface area contributed by atoms with Crippen LogP contribution in [0.25, 0.3) is 0 Å². The maximum atomic E-state index is 3.46. The van der Waals surface area contributed by atoms with Gasteiger partial charge in [0, 0.05) is 0 Å². The van der Waals surface area contributed by atoms with Gasteiger partial charge < -0.3 is 0 Å². The van der Waals surface area contributed by atoms with Crippen molar-refractivity contribution >= 4 is 62.3 Å². The molecule has 2 aromatic carbocycles. The van der Waals surface area contributed by atoms with Crippen LogP contribution in [0.4, 0.5) is 0 Å². The molecule has 0 saturated heterocycles. The molecule has 0 spiro atoms. The van der Waals surface area contributed by atoms with E-state index in [1.54, 1.807) is 0 Å². The van der Waals surface area contributed by atoms with E-state index in [1.807, 2.05) is 0 Å². The second kappa shape index (κ2) is 5.59. The Morgan fingerprint density at radius 3 is 1.27 bits per heavy atom. The van der Waals surface area contributed by atoms with E-state index >= 15 is 0 Å². The predicted molar refractivity (Wildman–Crippen MR) is 73.3 cm³/mol. The molecule has 3 heteroatoms. The molecule has 0 aliphatic rings. The van der Waals surface area contributed by atoms with Gasteiger partial charge in [-0.15, -0.1) is 0 Å². The van der Waals surface area contributed by atoms with Crippen LogP contribution in [0.15, 0.2) is 57.5 Å². The fraction of sp³-hybridized carbons (Fsp3) is 0. The summed E-state index contributed by atoms with van der Waals surface area (Å²) < 4.78 is 5.37. The number of hydrogen-bond acceptors (Lipinski definition) is 0. The first-order valence-electron chi connectivity index (χ1n) is 4.52. The minimum atomic E-state index is -0.826. The SMILES string of the molecule is Brc1cc[c]([Pb][c]2ccc(Br)cc2)cc1. The fourth-order valence-corrected chi connectivity index (χ4v) is 5.65. The van der Waals surface area contributed by atoms with Crippen LogP contribution in [0.1, 0.15) is 0 Å². The van der Waals surface area contributed by atoms with Gasteiger partial charge in [-0.25, -0.2) is 0 Å². The number of hydrogen-bond donors (Lipinski definition) is 0. The summed E-state index contributed by atoms with van der Waals surface area (Å²) in [7, 11) is 0. The number of benzene rings is 2. The molecular formula is C12H8Br2Pb. The van der Waals surface area contributed by atoms with E-state index in [4.69, 9.17) is 0 Å². The van der Waals surface area contributed by atoms with Crippen LogP contribution in [0.3, 0.4) is 0 Å². The standard InChI is InChI=1S/2C6H4Br.Pb/c2*7-6-4-2-1-3-5-6;/h2*2-5H;. The average molecular weight is 519 g/mol. The summed E-state index contributed by atoms with van der Waals surface area (Å²) in [4.78, 5) is 0. The molecule has 0 saturated carbocycles. The Morgan fingerprint density at radius 1 is 0.600 bits per heavy atom. The van der Waals surface area contributed by atoms with Gasteiger partial charge in [-0.2, -0.15) is 0 Å². The third-order valence-electron chi connectivity index (χ3n) is 1.98. The van der Waals surface area contributed by atoms with Gasteiger partial charge in [-0.1, -0.05) is 0 Å². The topological polar surface area (TPSA) is 0 Å². The van der Waals surface area contributed by atoms with E-state index in [-0.39, 0.29) is 0 Å². The Kier molecular flexibility index (Phi) is 4.40. The van der Waals surface area contributed by atoms with Crippen molar-refractivity contribution in [1.82, 2.24) is 0 Å². The van der Waals surface area contributed by atoms with E-state index in [0.29, 0.717) is 0 Å². The zero-order valence-electron chi connectivity index (χ0n) is 7.87. The summed E-state index contributed by atoms with van der Waals surface area (Å²) in [6.07, 6.45) is 0. The monoisotopic (exact) mass is 518 g/mol. The van der Waals surface area contributed by atoms with Crippen LogP contribution in [0, 0.1) is 0 Å². The molecule has 0 fully saturated rings. The van der Waals surface area contributed by atoms with E-state index in [1.165, 1.54) is 6.25 Å². The van der Waals surface area contributed by atoms with Crippen molar-refractivity contribution in [3.63, 3.8) is 0 Å². The number of halogens is 2. The molecule has 0 heterocycles. The van der Waals surface area contributed by atoms with Crippen LogP contribution in [0.5, 0.6) is 0 Å². The van der Waals surface area contributed by atoms with Crippen molar-refractivity contribution in [3.8, 4) is 0 Å². The Labute approximate surface area is 119 Å². The van der Waals surface area contributed by atoms with Crippen LogP contribution in [0.2, 0.25) is 0 Å². The summed E-state index contributed by atoms with van der Waals surface area (Å²) in [5, 5.41) is 0. The zero-order chi connectivity index (χ0) is 10.7. The summed E-state index contributed by atoms with van der Waals surface area (Å²) in [5.74, 6) is 0. The second-order valence-electron chi connectivity index (χ2n) is 3.14. The molecule has 2 radical (unpaired) electrons. The molecule has 0 atom stereocenters. The molecule has 0 amide bonds. The minimum absolute atomic E-state index is 0.826. The van der Waals surface area contributed by atoms with Gasteiger partial charge >= 0.3 is 120 Å². The third-order valence-corrected chi connectivity index (χ3v) is 7.87. The van der Waals surface area contributed by atoms with Crippen molar-refractivity contribution in [2.24, 2.45) is 0 Å². The molecule has 0 bridgehead atoms. The average Bonchev–Trinajstić information content (AvgIpc) is 2.25. The Hall–Kier alpha value is 0.322. The van der Waals surface area contributed by atoms with Gasteiger partial charge in [0.05, 0.1) is 0 Å². The molecular weight excluding hydrogens is 511 g/mol. The van der Waals surface area contributed by atoms with Crippen LogP contribution in [-0.4, -0.2) is 24.2 Å². The number of rotatable bonds is 2. The Balaban J connectivity index is 2.15. The molecule has 2 rings (SSSR count). The Bertz CT molecular complexity index is 391. The van der Waals surface area contributed by atoms with Crippen molar-refractivity contribution in [1.29, 1.82) is 0 Å². The first-order valence-corrected chi connectivity index (χ1v) is 9.99. The van der Waals surface area contributed by atoms with Gasteiger partial charge in [0.1, 0.15) is 0 Å². The molecule has 0 nitrogen and oxygen atoms in total. The molecule has 0 aromatic heterocycles. The van der Waals surface area contributed by atoms with Crippen LogP contribution < -0.4 is 6.25 Å². The second-order valence-corrected chi connectivity index (χ2v) is 10.4. The third kappa shape index (κ3) is 3.68. The zero-order valence-corrected chi connectivity index (χ0v) is 14.9. The molecule has 2 aromatic rings. The van der Waals surface area contributed by atoms with Crippen molar-refractivity contribution in [2.45, 2.75) is 0 Å². The quantitative estimate of drug-likeness (QED) is 0.536. The molecule has 74 valence electrons. The van der Waals surface area contributed by atoms with Crippen LogP contribution in [-0.2, 0) is 0 Å². The van der Waals surface area contributed by atoms with Gasteiger partial charge in [0.15, 0.2) is 0 Å². The summed E-state index contributed by atoms with van der Waals surface area (Å²) in [6, 6.07) is 17.4. The first kappa shape index (κ1) is 11.8. The van der Waals surface area contributed by atoms with Gasteiger partial charge in [-0.3, -0.25) is 0 Å². The predicted octanol–water partition coefficient (Wildman–Crippen LogP) is 2.87. The van der Waals surface area contributed by atoms with Crippen molar-refractivity contribution < 1.29 is 0 Å². The summed E-state index contributed by atoms with van der Waals surface area (Å²) in [6.45, 7) is 0. The summed E-state index contributed by atoms with van der Waals surface area (Å²) >= 11 is 6.09. The van der Waals surface area contributed by atoms with Gasteiger partial charge in [0.2, 0.25) is 0 Å². The van der Waals surface area contributed by atoms with E-state index in [0.717, 1.165) is 8.95 Å². The van der Waals surface area contributed by atoms with Crippen LogP contribution >= 0.6 is 31.9 Å². The molecule has 0 unspecified atom stereocenters. The van der Waals surface area contributed by atoms with Gasteiger partial charge in [0.25, 0.3) is 0 Å². The van der Waals surface area contributed by atoms with E-state index < -0.39 is 24.2 Å². The van der Waals surface area contributed by atoms with E-state index in [2.05, 4.69) is 80.4 Å². The maximum absolute atomic E-state index is 3.46. The van der Waals surface area contributed by atoms with Crippen molar-refractivity contribution in [3.05, 3.63) is 57.5 Å². The first-order chi connectivity index (χ1) is 7.24. The van der Waals surface area contributed by atoms with Crippen molar-refractivity contribution in [2.75, 3.05) is 0 Å².